The first-order valence-electron chi connectivity index (χ1n) is 17.9. The average molecular weight is 681 g/mol. The summed E-state index contributed by atoms with van der Waals surface area (Å²) in [5, 5.41) is 7.30. The fraction of sp³-hybridized carbons (Fsp3) is 0.0612. The first-order valence-corrected chi connectivity index (χ1v) is 18.7. The molecule has 1 aliphatic rings. The summed E-state index contributed by atoms with van der Waals surface area (Å²) in [5.74, 6) is 0. The summed E-state index contributed by atoms with van der Waals surface area (Å²) < 4.78 is 2.65. The van der Waals surface area contributed by atoms with Gasteiger partial charge in [0.05, 0.1) is 22.9 Å². The van der Waals surface area contributed by atoms with Gasteiger partial charge in [-0.3, -0.25) is 4.98 Å². The lowest BCUT2D eigenvalue weighted by molar-refractivity contribution is 0.660. The van der Waals surface area contributed by atoms with E-state index in [9.17, 15) is 0 Å². The number of aromatic nitrogens is 2. The minimum atomic E-state index is -0.0318. The molecule has 52 heavy (non-hydrogen) atoms. The molecule has 2 aromatic heterocycles. The lowest BCUT2D eigenvalue weighted by atomic mass is 9.81. The number of benzene rings is 8. The molecular formula is C49H32N2S. The SMILES string of the molecule is CC1(C)c2ccccc2-c2ccc(-c3cccc4c3sc3c(-c5ccc(-c6cnc7c8ccccc8c8ccccc8c7n6)cc5)cccc34)cc21. The third-order valence-corrected chi connectivity index (χ3v) is 12.6. The monoisotopic (exact) mass is 680 g/mol. The molecule has 0 spiro atoms. The van der Waals surface area contributed by atoms with E-state index in [1.165, 1.54) is 75.5 Å². The second-order valence-corrected chi connectivity index (χ2v) is 15.5. The molecule has 3 heteroatoms. The molecule has 0 aliphatic heterocycles. The molecule has 244 valence electrons. The van der Waals surface area contributed by atoms with Crippen LogP contribution in [0.5, 0.6) is 0 Å². The van der Waals surface area contributed by atoms with Crippen LogP contribution in [0.4, 0.5) is 0 Å². The van der Waals surface area contributed by atoms with Gasteiger partial charge in [-0.15, -0.1) is 11.3 Å². The Morgan fingerprint density at radius 1 is 0.423 bits per heavy atom. The topological polar surface area (TPSA) is 25.8 Å². The van der Waals surface area contributed by atoms with Crippen LogP contribution >= 0.6 is 11.3 Å². The first kappa shape index (κ1) is 29.6. The van der Waals surface area contributed by atoms with E-state index < -0.39 is 0 Å². The van der Waals surface area contributed by atoms with Crippen molar-refractivity contribution in [3.8, 4) is 44.6 Å². The lowest BCUT2D eigenvalue weighted by Gasteiger charge is -2.22. The van der Waals surface area contributed by atoms with Gasteiger partial charge in [-0.05, 0) is 61.3 Å². The second-order valence-electron chi connectivity index (χ2n) is 14.5. The molecule has 11 rings (SSSR count). The van der Waals surface area contributed by atoms with Gasteiger partial charge < -0.3 is 0 Å². The van der Waals surface area contributed by atoms with Crippen LogP contribution < -0.4 is 0 Å². The van der Waals surface area contributed by atoms with E-state index in [0.29, 0.717) is 0 Å². The zero-order valence-electron chi connectivity index (χ0n) is 28.8. The van der Waals surface area contributed by atoms with Gasteiger partial charge in [-0.2, -0.15) is 0 Å². The Labute approximate surface area is 305 Å². The van der Waals surface area contributed by atoms with E-state index in [0.717, 1.165) is 33.1 Å². The Morgan fingerprint density at radius 2 is 0.942 bits per heavy atom. The molecule has 0 saturated carbocycles. The van der Waals surface area contributed by atoms with Crippen molar-refractivity contribution < 1.29 is 0 Å². The average Bonchev–Trinajstić information content (AvgIpc) is 3.70. The summed E-state index contributed by atoms with van der Waals surface area (Å²) in [6.45, 7) is 4.71. The van der Waals surface area contributed by atoms with E-state index in [1.54, 1.807) is 0 Å². The maximum Gasteiger partial charge on any atom is 0.0979 e. The molecule has 10 aromatic rings. The number of hydrogen-bond donors (Lipinski definition) is 0. The minimum Gasteiger partial charge on any atom is -0.252 e. The van der Waals surface area contributed by atoms with Crippen molar-refractivity contribution in [1.82, 2.24) is 9.97 Å². The minimum absolute atomic E-state index is 0.0318. The van der Waals surface area contributed by atoms with Crippen LogP contribution in [0.25, 0.3) is 97.4 Å². The number of rotatable bonds is 3. The van der Waals surface area contributed by atoms with Crippen molar-refractivity contribution in [2.45, 2.75) is 19.3 Å². The number of thiophene rings is 1. The second kappa shape index (κ2) is 10.9. The van der Waals surface area contributed by atoms with Gasteiger partial charge in [-0.25, -0.2) is 4.98 Å². The largest absolute Gasteiger partial charge is 0.252 e. The van der Waals surface area contributed by atoms with E-state index in [4.69, 9.17) is 9.97 Å². The Hall–Kier alpha value is -6.16. The maximum absolute atomic E-state index is 5.23. The van der Waals surface area contributed by atoms with Gasteiger partial charge in [-0.1, -0.05) is 159 Å². The molecule has 0 amide bonds. The van der Waals surface area contributed by atoms with Crippen LogP contribution in [0.3, 0.4) is 0 Å². The van der Waals surface area contributed by atoms with Crippen LogP contribution in [-0.2, 0) is 5.41 Å². The van der Waals surface area contributed by atoms with Gasteiger partial charge in [0, 0.05) is 41.9 Å². The molecule has 0 radical (unpaired) electrons. The van der Waals surface area contributed by atoms with E-state index >= 15 is 0 Å². The highest BCUT2D eigenvalue weighted by Crippen LogP contribution is 2.51. The van der Waals surface area contributed by atoms with Crippen LogP contribution in [0.15, 0.2) is 158 Å². The first-order chi connectivity index (χ1) is 25.5. The predicted octanol–water partition coefficient (Wildman–Crippen LogP) is 13.6. The van der Waals surface area contributed by atoms with Gasteiger partial charge >= 0.3 is 0 Å². The molecular weight excluding hydrogens is 649 g/mol. The van der Waals surface area contributed by atoms with Crippen molar-refractivity contribution >= 4 is 64.1 Å². The summed E-state index contributed by atoms with van der Waals surface area (Å²) in [7, 11) is 0. The molecule has 8 aromatic carbocycles. The Balaban J connectivity index is 1.00. The molecule has 0 unspecified atom stereocenters. The summed E-state index contributed by atoms with van der Waals surface area (Å²) >= 11 is 1.91. The van der Waals surface area contributed by atoms with E-state index in [-0.39, 0.29) is 5.41 Å². The summed E-state index contributed by atoms with van der Waals surface area (Å²) in [6.07, 6.45) is 1.92. The Morgan fingerprint density at radius 3 is 1.65 bits per heavy atom. The molecule has 0 bridgehead atoms. The fourth-order valence-electron chi connectivity index (χ4n) is 8.73. The molecule has 1 aliphatic carbocycles. The molecule has 0 atom stereocenters. The molecule has 0 fully saturated rings. The predicted molar refractivity (Wildman–Crippen MR) is 221 cm³/mol. The van der Waals surface area contributed by atoms with Crippen LogP contribution in [0, 0.1) is 0 Å². The molecule has 0 saturated heterocycles. The molecule has 2 heterocycles. The summed E-state index contributed by atoms with van der Waals surface area (Å²) in [4.78, 5) is 10.2. The van der Waals surface area contributed by atoms with Crippen LogP contribution in [-0.4, -0.2) is 9.97 Å². The number of fused-ring (bicyclic) bond motifs is 12. The highest BCUT2D eigenvalue weighted by atomic mass is 32.1. The van der Waals surface area contributed by atoms with Crippen LogP contribution in [0.1, 0.15) is 25.0 Å². The van der Waals surface area contributed by atoms with Crippen molar-refractivity contribution in [2.24, 2.45) is 0 Å². The van der Waals surface area contributed by atoms with Gasteiger partial charge in [0.1, 0.15) is 0 Å². The van der Waals surface area contributed by atoms with Gasteiger partial charge in [0.25, 0.3) is 0 Å². The molecule has 2 nitrogen and oxygen atoms in total. The van der Waals surface area contributed by atoms with Gasteiger partial charge in [0.2, 0.25) is 0 Å². The van der Waals surface area contributed by atoms with Crippen molar-refractivity contribution in [2.75, 3.05) is 0 Å². The smallest absolute Gasteiger partial charge is 0.0979 e. The fourth-order valence-corrected chi connectivity index (χ4v) is 10.1. The third-order valence-electron chi connectivity index (χ3n) is 11.3. The lowest BCUT2D eigenvalue weighted by Crippen LogP contribution is -2.14. The zero-order valence-corrected chi connectivity index (χ0v) is 29.6. The van der Waals surface area contributed by atoms with E-state index in [1.807, 2.05) is 17.5 Å². The van der Waals surface area contributed by atoms with Crippen LogP contribution in [0.2, 0.25) is 0 Å². The Bertz CT molecular complexity index is 3060. The maximum atomic E-state index is 5.23. The van der Waals surface area contributed by atoms with E-state index in [2.05, 4.69) is 166 Å². The molecule has 0 N–H and O–H groups in total. The standard InChI is InChI=1S/C49H32N2S/c1-49(2)42-20-8-7-13-36(42)37-26-25-31(27-43(37)49)33-17-10-19-41-40-18-9-16-32(47(40)52-48(33)41)29-21-23-30(24-22-29)44-28-50-45-38-14-5-3-11-34(38)35-12-4-6-15-39(35)46(45)51-44/h3-28H,1-2H3. The number of hydrogen-bond acceptors (Lipinski definition) is 3. The number of nitrogens with zero attached hydrogens (tertiary/aromatic N) is 2. The third kappa shape index (κ3) is 4.17. The highest BCUT2D eigenvalue weighted by molar-refractivity contribution is 7.26. The summed E-state index contributed by atoms with van der Waals surface area (Å²) in [5.41, 5.74) is 14.4. The van der Waals surface area contributed by atoms with Gasteiger partial charge in [0.15, 0.2) is 0 Å². The van der Waals surface area contributed by atoms with Crippen molar-refractivity contribution in [1.29, 1.82) is 0 Å². The normalized spacial score (nSPS) is 13.3. The summed E-state index contributed by atoms with van der Waals surface area (Å²) in [6, 6.07) is 55.4. The highest BCUT2D eigenvalue weighted by Gasteiger charge is 2.35. The zero-order chi connectivity index (χ0) is 34.6. The quantitative estimate of drug-likeness (QED) is 0.174. The van der Waals surface area contributed by atoms with Crippen molar-refractivity contribution in [3.63, 3.8) is 0 Å². The van der Waals surface area contributed by atoms with Crippen molar-refractivity contribution in [3.05, 3.63) is 169 Å². The Kier molecular flexibility index (Phi) is 6.21.